The van der Waals surface area contributed by atoms with Crippen molar-refractivity contribution in [2.45, 2.75) is 0 Å². The number of hydrogen-bond acceptors (Lipinski definition) is 2. The highest BCUT2D eigenvalue weighted by atomic mass is 32.1. The first-order valence-corrected chi connectivity index (χ1v) is 7.22. The number of nitrogens with one attached hydrogen (secondary N) is 1. The van der Waals surface area contributed by atoms with E-state index in [0.29, 0.717) is 5.56 Å². The highest BCUT2D eigenvalue weighted by molar-refractivity contribution is 7.13. The summed E-state index contributed by atoms with van der Waals surface area (Å²) in [6.45, 7) is 0. The molecule has 3 heteroatoms. The molecule has 20 heavy (non-hydrogen) atoms. The summed E-state index contributed by atoms with van der Waals surface area (Å²) in [5.41, 5.74) is 2.55. The SMILES string of the molecule is O=C(Nc1ccccc1-c1cccs1)c1ccccc1. The Morgan fingerprint density at radius 1 is 0.850 bits per heavy atom. The fraction of sp³-hybridized carbons (Fsp3) is 0. The standard InChI is InChI=1S/C17H13NOS/c19-17(13-7-2-1-3-8-13)18-15-10-5-4-9-14(15)16-11-6-12-20-16/h1-12H,(H,18,19). The molecular weight excluding hydrogens is 266 g/mol. The highest BCUT2D eigenvalue weighted by Crippen LogP contribution is 2.31. The number of amides is 1. The summed E-state index contributed by atoms with van der Waals surface area (Å²) in [5.74, 6) is -0.0883. The molecule has 98 valence electrons. The number of anilines is 1. The van der Waals surface area contributed by atoms with Crippen molar-refractivity contribution in [3.8, 4) is 10.4 Å². The van der Waals surface area contributed by atoms with Gasteiger partial charge in [-0.25, -0.2) is 0 Å². The van der Waals surface area contributed by atoms with Gasteiger partial charge in [0.1, 0.15) is 0 Å². The monoisotopic (exact) mass is 279 g/mol. The van der Waals surface area contributed by atoms with Crippen molar-refractivity contribution in [1.82, 2.24) is 0 Å². The fourth-order valence-electron chi connectivity index (χ4n) is 2.02. The number of hydrogen-bond donors (Lipinski definition) is 1. The maximum absolute atomic E-state index is 12.2. The molecule has 0 atom stereocenters. The van der Waals surface area contributed by atoms with Crippen molar-refractivity contribution in [2.24, 2.45) is 0 Å². The number of rotatable bonds is 3. The van der Waals surface area contributed by atoms with Crippen LogP contribution in [-0.4, -0.2) is 5.91 Å². The van der Waals surface area contributed by atoms with Crippen LogP contribution in [0, 0.1) is 0 Å². The van der Waals surface area contributed by atoms with Crippen LogP contribution >= 0.6 is 11.3 Å². The first kappa shape index (κ1) is 12.6. The van der Waals surface area contributed by atoms with Crippen LogP contribution in [-0.2, 0) is 0 Å². The van der Waals surface area contributed by atoms with E-state index in [1.807, 2.05) is 66.0 Å². The Kier molecular flexibility index (Phi) is 3.61. The Labute approximate surface area is 121 Å². The zero-order valence-corrected chi connectivity index (χ0v) is 11.6. The molecule has 0 saturated carbocycles. The lowest BCUT2D eigenvalue weighted by Gasteiger charge is -2.09. The van der Waals surface area contributed by atoms with E-state index in [2.05, 4.69) is 11.4 Å². The number of benzene rings is 2. The van der Waals surface area contributed by atoms with Crippen LogP contribution in [0.5, 0.6) is 0 Å². The zero-order valence-electron chi connectivity index (χ0n) is 10.7. The molecule has 3 aromatic rings. The molecule has 0 spiro atoms. The molecule has 1 N–H and O–H groups in total. The van der Waals surface area contributed by atoms with Crippen LogP contribution in [0.25, 0.3) is 10.4 Å². The summed E-state index contributed by atoms with van der Waals surface area (Å²) >= 11 is 1.66. The van der Waals surface area contributed by atoms with Crippen LogP contribution in [0.3, 0.4) is 0 Å². The van der Waals surface area contributed by atoms with Gasteiger partial charge < -0.3 is 5.32 Å². The lowest BCUT2D eigenvalue weighted by Crippen LogP contribution is -2.12. The lowest BCUT2D eigenvalue weighted by atomic mass is 10.1. The maximum Gasteiger partial charge on any atom is 0.255 e. The van der Waals surface area contributed by atoms with Gasteiger partial charge in [0, 0.05) is 21.7 Å². The Balaban J connectivity index is 1.90. The molecule has 0 bridgehead atoms. The summed E-state index contributed by atoms with van der Waals surface area (Å²) in [7, 11) is 0. The van der Waals surface area contributed by atoms with Gasteiger partial charge in [0.05, 0.1) is 0 Å². The normalized spacial score (nSPS) is 10.2. The summed E-state index contributed by atoms with van der Waals surface area (Å²) in [6, 6.07) is 21.2. The summed E-state index contributed by atoms with van der Waals surface area (Å²) < 4.78 is 0. The van der Waals surface area contributed by atoms with E-state index < -0.39 is 0 Å². The summed E-state index contributed by atoms with van der Waals surface area (Å²) in [6.07, 6.45) is 0. The molecule has 1 heterocycles. The molecule has 0 aliphatic rings. The van der Waals surface area contributed by atoms with E-state index in [1.165, 1.54) is 0 Å². The average Bonchev–Trinajstić information content (AvgIpc) is 3.03. The third-order valence-electron chi connectivity index (χ3n) is 3.00. The van der Waals surface area contributed by atoms with Gasteiger partial charge in [-0.05, 0) is 29.6 Å². The Hall–Kier alpha value is -2.39. The molecule has 0 aliphatic heterocycles. The van der Waals surface area contributed by atoms with Crippen molar-refractivity contribution in [1.29, 1.82) is 0 Å². The quantitative estimate of drug-likeness (QED) is 0.741. The second kappa shape index (κ2) is 5.72. The predicted octanol–water partition coefficient (Wildman–Crippen LogP) is 4.67. The van der Waals surface area contributed by atoms with Crippen molar-refractivity contribution in [3.63, 3.8) is 0 Å². The molecular formula is C17H13NOS. The summed E-state index contributed by atoms with van der Waals surface area (Å²) in [4.78, 5) is 13.4. The van der Waals surface area contributed by atoms with Crippen molar-refractivity contribution >= 4 is 22.9 Å². The van der Waals surface area contributed by atoms with Crippen molar-refractivity contribution in [3.05, 3.63) is 77.7 Å². The molecule has 0 saturated heterocycles. The third kappa shape index (κ3) is 2.63. The van der Waals surface area contributed by atoms with Crippen LogP contribution in [0.4, 0.5) is 5.69 Å². The number of para-hydroxylation sites is 1. The number of carbonyl (C=O) groups is 1. The lowest BCUT2D eigenvalue weighted by molar-refractivity contribution is 0.102. The highest BCUT2D eigenvalue weighted by Gasteiger charge is 2.10. The van der Waals surface area contributed by atoms with Gasteiger partial charge in [0.2, 0.25) is 0 Å². The molecule has 0 fully saturated rings. The Morgan fingerprint density at radius 3 is 2.35 bits per heavy atom. The minimum atomic E-state index is -0.0883. The number of thiophene rings is 1. The minimum absolute atomic E-state index is 0.0883. The summed E-state index contributed by atoms with van der Waals surface area (Å²) in [5, 5.41) is 5.02. The third-order valence-corrected chi connectivity index (χ3v) is 3.90. The van der Waals surface area contributed by atoms with Crippen molar-refractivity contribution in [2.75, 3.05) is 5.32 Å². The largest absolute Gasteiger partial charge is 0.321 e. The first-order valence-electron chi connectivity index (χ1n) is 6.34. The Morgan fingerprint density at radius 2 is 1.60 bits per heavy atom. The van der Waals surface area contributed by atoms with Crippen LogP contribution in [0.2, 0.25) is 0 Å². The van der Waals surface area contributed by atoms with E-state index in [9.17, 15) is 4.79 Å². The molecule has 1 aromatic heterocycles. The van der Waals surface area contributed by atoms with Gasteiger partial charge in [-0.2, -0.15) is 0 Å². The van der Waals surface area contributed by atoms with Gasteiger partial charge in [0.15, 0.2) is 0 Å². The molecule has 0 radical (unpaired) electrons. The zero-order chi connectivity index (χ0) is 13.8. The van der Waals surface area contributed by atoms with E-state index in [1.54, 1.807) is 11.3 Å². The second-order valence-electron chi connectivity index (χ2n) is 4.34. The van der Waals surface area contributed by atoms with Crippen LogP contribution in [0.15, 0.2) is 72.1 Å². The van der Waals surface area contributed by atoms with Crippen molar-refractivity contribution < 1.29 is 4.79 Å². The second-order valence-corrected chi connectivity index (χ2v) is 5.29. The van der Waals surface area contributed by atoms with Crippen LogP contribution < -0.4 is 5.32 Å². The van der Waals surface area contributed by atoms with E-state index in [-0.39, 0.29) is 5.91 Å². The fourth-order valence-corrected chi connectivity index (χ4v) is 2.79. The number of carbonyl (C=O) groups excluding carboxylic acids is 1. The van der Waals surface area contributed by atoms with Gasteiger partial charge in [-0.1, -0.05) is 42.5 Å². The van der Waals surface area contributed by atoms with Gasteiger partial charge in [-0.15, -0.1) is 11.3 Å². The van der Waals surface area contributed by atoms with Gasteiger partial charge in [0.25, 0.3) is 5.91 Å². The van der Waals surface area contributed by atoms with Gasteiger partial charge in [-0.3, -0.25) is 4.79 Å². The average molecular weight is 279 g/mol. The van der Waals surface area contributed by atoms with Crippen LogP contribution in [0.1, 0.15) is 10.4 Å². The van der Waals surface area contributed by atoms with Gasteiger partial charge >= 0.3 is 0 Å². The molecule has 0 aliphatic carbocycles. The molecule has 2 aromatic carbocycles. The van der Waals surface area contributed by atoms with E-state index >= 15 is 0 Å². The first-order chi connectivity index (χ1) is 9.84. The smallest absolute Gasteiger partial charge is 0.255 e. The molecule has 1 amide bonds. The minimum Gasteiger partial charge on any atom is -0.321 e. The molecule has 2 nitrogen and oxygen atoms in total. The maximum atomic E-state index is 12.2. The molecule has 0 unspecified atom stereocenters. The van der Waals surface area contributed by atoms with E-state index in [0.717, 1.165) is 16.1 Å². The Bertz CT molecular complexity index is 705. The van der Waals surface area contributed by atoms with E-state index in [4.69, 9.17) is 0 Å². The topological polar surface area (TPSA) is 29.1 Å². The molecule has 3 rings (SSSR count). The predicted molar refractivity (Wildman–Crippen MR) is 84.2 cm³/mol.